The standard InChI is InChI=1S/C17H17N5O2/c18-15-14-16(20-9-19-15)22(10-21-14)7-12-6-13(12)8-24-17(23)11-4-2-1-3-5-11/h1-5,9-10,12-13H,6-8H2,(H2,18,19,20). The lowest BCUT2D eigenvalue weighted by Crippen LogP contribution is -2.09. The van der Waals surface area contributed by atoms with Crippen LogP contribution in [0.4, 0.5) is 5.82 Å². The van der Waals surface area contributed by atoms with Crippen LogP contribution in [0.3, 0.4) is 0 Å². The number of esters is 1. The number of aromatic nitrogens is 4. The van der Waals surface area contributed by atoms with Gasteiger partial charge in [0, 0.05) is 6.54 Å². The molecule has 4 rings (SSSR count). The molecule has 2 N–H and O–H groups in total. The van der Waals surface area contributed by atoms with Crippen LogP contribution in [0.1, 0.15) is 16.8 Å². The third-order valence-corrected chi connectivity index (χ3v) is 4.37. The third-order valence-electron chi connectivity index (χ3n) is 4.37. The molecule has 7 nitrogen and oxygen atoms in total. The van der Waals surface area contributed by atoms with Crippen LogP contribution in [0.15, 0.2) is 43.0 Å². The molecule has 2 atom stereocenters. The van der Waals surface area contributed by atoms with Crippen molar-refractivity contribution in [1.29, 1.82) is 0 Å². The lowest BCUT2D eigenvalue weighted by atomic mass is 10.2. The van der Waals surface area contributed by atoms with Gasteiger partial charge < -0.3 is 15.0 Å². The Morgan fingerprint density at radius 3 is 2.88 bits per heavy atom. The second kappa shape index (κ2) is 5.92. The van der Waals surface area contributed by atoms with Gasteiger partial charge >= 0.3 is 5.97 Å². The molecular formula is C17H17N5O2. The first-order chi connectivity index (χ1) is 11.7. The third kappa shape index (κ3) is 2.80. The molecule has 3 aromatic rings. The van der Waals surface area contributed by atoms with E-state index in [0.29, 0.717) is 35.3 Å². The van der Waals surface area contributed by atoms with Crippen LogP contribution in [-0.4, -0.2) is 32.1 Å². The van der Waals surface area contributed by atoms with E-state index >= 15 is 0 Å². The minimum absolute atomic E-state index is 0.269. The zero-order chi connectivity index (χ0) is 16.5. The summed E-state index contributed by atoms with van der Waals surface area (Å²) >= 11 is 0. The van der Waals surface area contributed by atoms with Gasteiger partial charge in [-0.15, -0.1) is 0 Å². The molecule has 7 heteroatoms. The molecule has 122 valence electrons. The summed E-state index contributed by atoms with van der Waals surface area (Å²) in [7, 11) is 0. The van der Waals surface area contributed by atoms with Crippen molar-refractivity contribution in [2.45, 2.75) is 13.0 Å². The number of fused-ring (bicyclic) bond motifs is 1. The normalized spacial score (nSPS) is 19.3. The zero-order valence-electron chi connectivity index (χ0n) is 13.0. The highest BCUT2D eigenvalue weighted by molar-refractivity contribution is 5.89. The molecule has 24 heavy (non-hydrogen) atoms. The van der Waals surface area contributed by atoms with E-state index in [2.05, 4.69) is 15.0 Å². The minimum Gasteiger partial charge on any atom is -0.462 e. The number of hydrogen-bond donors (Lipinski definition) is 1. The molecule has 1 saturated carbocycles. The van der Waals surface area contributed by atoms with Crippen LogP contribution in [0.2, 0.25) is 0 Å². The molecule has 0 radical (unpaired) electrons. The molecule has 0 saturated heterocycles. The Balaban J connectivity index is 1.34. The summed E-state index contributed by atoms with van der Waals surface area (Å²) in [6, 6.07) is 9.05. The number of imidazole rings is 1. The second-order valence-corrected chi connectivity index (χ2v) is 6.05. The fourth-order valence-corrected chi connectivity index (χ4v) is 2.86. The summed E-state index contributed by atoms with van der Waals surface area (Å²) in [6.07, 6.45) is 4.21. The van der Waals surface area contributed by atoms with Crippen molar-refractivity contribution in [2.24, 2.45) is 11.8 Å². The first-order valence-electron chi connectivity index (χ1n) is 7.86. The van der Waals surface area contributed by atoms with E-state index in [9.17, 15) is 4.79 Å². The molecule has 0 spiro atoms. The van der Waals surface area contributed by atoms with E-state index in [-0.39, 0.29) is 5.97 Å². The maximum atomic E-state index is 11.9. The van der Waals surface area contributed by atoms with E-state index in [0.717, 1.165) is 18.6 Å². The van der Waals surface area contributed by atoms with Gasteiger partial charge in [-0.25, -0.2) is 19.7 Å². The summed E-state index contributed by atoms with van der Waals surface area (Å²) in [5, 5.41) is 0. The van der Waals surface area contributed by atoms with Crippen molar-refractivity contribution >= 4 is 23.0 Å². The molecule has 2 aromatic heterocycles. The smallest absolute Gasteiger partial charge is 0.338 e. The van der Waals surface area contributed by atoms with Gasteiger partial charge in [0.25, 0.3) is 0 Å². The Hall–Kier alpha value is -2.96. The average molecular weight is 323 g/mol. The van der Waals surface area contributed by atoms with E-state index in [1.807, 2.05) is 22.8 Å². The van der Waals surface area contributed by atoms with Crippen LogP contribution >= 0.6 is 0 Å². The SMILES string of the molecule is Nc1ncnc2c1ncn2CC1CC1COC(=O)c1ccccc1. The van der Waals surface area contributed by atoms with Gasteiger partial charge in [0.2, 0.25) is 0 Å². The number of hydrogen-bond acceptors (Lipinski definition) is 6. The summed E-state index contributed by atoms with van der Waals surface area (Å²) in [4.78, 5) is 24.4. The molecule has 0 aliphatic heterocycles. The van der Waals surface area contributed by atoms with Gasteiger partial charge in [-0.3, -0.25) is 0 Å². The van der Waals surface area contributed by atoms with Crippen molar-refractivity contribution < 1.29 is 9.53 Å². The number of rotatable bonds is 5. The number of benzene rings is 1. The Kier molecular flexibility index (Phi) is 3.60. The number of nitrogens with zero attached hydrogens (tertiary/aromatic N) is 4. The summed E-state index contributed by atoms with van der Waals surface area (Å²) < 4.78 is 7.38. The first-order valence-corrected chi connectivity index (χ1v) is 7.86. The molecule has 1 aromatic carbocycles. The lowest BCUT2D eigenvalue weighted by molar-refractivity contribution is 0.0479. The Morgan fingerprint density at radius 2 is 2.04 bits per heavy atom. The Labute approximate surface area is 138 Å². The quantitative estimate of drug-likeness (QED) is 0.720. The van der Waals surface area contributed by atoms with Crippen molar-refractivity contribution in [2.75, 3.05) is 12.3 Å². The Bertz CT molecular complexity index is 877. The number of ether oxygens (including phenoxy) is 1. The van der Waals surface area contributed by atoms with Crippen LogP contribution in [-0.2, 0) is 11.3 Å². The predicted molar refractivity (Wildman–Crippen MR) is 88.1 cm³/mol. The van der Waals surface area contributed by atoms with Gasteiger partial charge in [-0.05, 0) is 30.4 Å². The van der Waals surface area contributed by atoms with Crippen LogP contribution < -0.4 is 5.73 Å². The summed E-state index contributed by atoms with van der Waals surface area (Å²) in [6.45, 7) is 1.24. The monoisotopic (exact) mass is 323 g/mol. The lowest BCUT2D eigenvalue weighted by Gasteiger charge is -2.05. The zero-order valence-corrected chi connectivity index (χ0v) is 13.0. The van der Waals surface area contributed by atoms with Crippen LogP contribution in [0, 0.1) is 11.8 Å². The molecule has 2 heterocycles. The maximum Gasteiger partial charge on any atom is 0.338 e. The fourth-order valence-electron chi connectivity index (χ4n) is 2.86. The van der Waals surface area contributed by atoms with E-state index in [4.69, 9.17) is 10.5 Å². The molecule has 1 fully saturated rings. The highest BCUT2D eigenvalue weighted by Crippen LogP contribution is 2.40. The average Bonchev–Trinajstić information content (AvgIpc) is 3.22. The van der Waals surface area contributed by atoms with Gasteiger partial charge in [-0.2, -0.15) is 0 Å². The highest BCUT2D eigenvalue weighted by atomic mass is 16.5. The predicted octanol–water partition coefficient (Wildman–Crippen LogP) is 1.90. The Morgan fingerprint density at radius 1 is 1.21 bits per heavy atom. The summed E-state index contributed by atoms with van der Waals surface area (Å²) in [5.74, 6) is 0.967. The van der Waals surface area contributed by atoms with Gasteiger partial charge in [-0.1, -0.05) is 18.2 Å². The van der Waals surface area contributed by atoms with Crippen molar-refractivity contribution in [3.63, 3.8) is 0 Å². The van der Waals surface area contributed by atoms with E-state index < -0.39 is 0 Å². The van der Waals surface area contributed by atoms with Crippen LogP contribution in [0.5, 0.6) is 0 Å². The van der Waals surface area contributed by atoms with Crippen molar-refractivity contribution in [3.05, 3.63) is 48.5 Å². The van der Waals surface area contributed by atoms with Gasteiger partial charge in [0.15, 0.2) is 11.5 Å². The first kappa shape index (κ1) is 14.6. The number of nitrogen functional groups attached to an aromatic ring is 1. The summed E-state index contributed by atoms with van der Waals surface area (Å²) in [5.41, 5.74) is 7.76. The fraction of sp³-hybridized carbons (Fsp3) is 0.294. The van der Waals surface area contributed by atoms with E-state index in [1.165, 1.54) is 6.33 Å². The van der Waals surface area contributed by atoms with Crippen LogP contribution in [0.25, 0.3) is 11.2 Å². The molecule has 0 bridgehead atoms. The van der Waals surface area contributed by atoms with Crippen molar-refractivity contribution in [1.82, 2.24) is 19.5 Å². The molecule has 0 amide bonds. The maximum absolute atomic E-state index is 11.9. The second-order valence-electron chi connectivity index (χ2n) is 6.05. The van der Waals surface area contributed by atoms with E-state index in [1.54, 1.807) is 18.5 Å². The minimum atomic E-state index is -0.269. The number of carbonyl (C=O) groups excluding carboxylic acids is 1. The molecular weight excluding hydrogens is 306 g/mol. The molecule has 1 aliphatic carbocycles. The number of carbonyl (C=O) groups is 1. The number of nitrogens with two attached hydrogens (primary N) is 1. The molecule has 1 aliphatic rings. The van der Waals surface area contributed by atoms with Gasteiger partial charge in [0.05, 0.1) is 18.5 Å². The van der Waals surface area contributed by atoms with Gasteiger partial charge in [0.1, 0.15) is 11.8 Å². The highest BCUT2D eigenvalue weighted by Gasteiger charge is 2.38. The molecule has 2 unspecified atom stereocenters. The van der Waals surface area contributed by atoms with Crippen molar-refractivity contribution in [3.8, 4) is 0 Å². The topological polar surface area (TPSA) is 95.9 Å². The largest absolute Gasteiger partial charge is 0.462 e. The number of anilines is 1.